The molecule has 47 heavy (non-hydrogen) atoms. The number of piperidine rings is 1. The predicted octanol–water partition coefficient (Wildman–Crippen LogP) is 3.28. The number of aromatic nitrogens is 4. The van der Waals surface area contributed by atoms with Gasteiger partial charge in [0, 0.05) is 50.6 Å². The molecule has 3 aromatic heterocycles. The number of carbonyl (C=O) groups is 2. The first-order valence-electron chi connectivity index (χ1n) is 16.9. The summed E-state index contributed by atoms with van der Waals surface area (Å²) in [6.07, 6.45) is 1.31. The van der Waals surface area contributed by atoms with Crippen LogP contribution in [0.1, 0.15) is 48.8 Å². The van der Waals surface area contributed by atoms with Crippen molar-refractivity contribution in [3.8, 4) is 17.3 Å². The van der Waals surface area contributed by atoms with Crippen LogP contribution in [0.2, 0.25) is 0 Å². The van der Waals surface area contributed by atoms with Gasteiger partial charge in [-0.2, -0.15) is 0 Å². The molecule has 248 valence electrons. The molecule has 6 heterocycles. The number of morpholine rings is 1. The lowest BCUT2D eigenvalue weighted by Gasteiger charge is -2.41. The van der Waals surface area contributed by atoms with Crippen molar-refractivity contribution in [2.45, 2.75) is 51.4 Å². The van der Waals surface area contributed by atoms with Gasteiger partial charge in [-0.25, -0.2) is 9.97 Å². The van der Waals surface area contributed by atoms with Crippen LogP contribution in [-0.4, -0.2) is 94.5 Å². The number of methoxy groups -OCH3 is 1. The molecule has 6 atom stereocenters. The second-order valence-corrected chi connectivity index (χ2v) is 13.6. The summed E-state index contributed by atoms with van der Waals surface area (Å²) in [7, 11) is 3.63. The minimum Gasteiger partial charge on any atom is -0.494 e. The normalized spacial score (nSPS) is 28.1. The zero-order valence-corrected chi connectivity index (χ0v) is 27.5. The van der Waals surface area contributed by atoms with Crippen LogP contribution in [0.15, 0.2) is 30.3 Å². The average Bonchev–Trinajstić information content (AvgIpc) is 3.36. The molecule has 3 unspecified atom stereocenters. The minimum atomic E-state index is -0.239. The SMILES string of the molecule is COc1cc(C(=O)N2CC[C@H]3OCCN[C@H]3C2)cc2nc(-c3cc4ccc5nc4n3CC3C(C)C3COCCC(=O)N[C@@H]5C)n(C)c12. The van der Waals surface area contributed by atoms with E-state index in [4.69, 9.17) is 24.2 Å². The van der Waals surface area contributed by atoms with Crippen molar-refractivity contribution in [1.29, 1.82) is 0 Å². The van der Waals surface area contributed by atoms with Crippen molar-refractivity contribution in [2.75, 3.05) is 46.6 Å². The summed E-state index contributed by atoms with van der Waals surface area (Å²) in [5.41, 5.74) is 4.72. The largest absolute Gasteiger partial charge is 0.494 e. The maximum atomic E-state index is 13.8. The molecule has 3 fully saturated rings. The quantitative estimate of drug-likeness (QED) is 0.350. The third kappa shape index (κ3) is 5.36. The summed E-state index contributed by atoms with van der Waals surface area (Å²) in [4.78, 5) is 38.6. The predicted molar refractivity (Wildman–Crippen MR) is 176 cm³/mol. The number of amides is 2. The molecular weight excluding hydrogens is 598 g/mol. The molecule has 0 radical (unpaired) electrons. The number of rotatable bonds is 3. The molecule has 4 aromatic rings. The van der Waals surface area contributed by atoms with Crippen LogP contribution in [0.5, 0.6) is 5.75 Å². The van der Waals surface area contributed by atoms with Crippen molar-refractivity contribution in [2.24, 2.45) is 24.8 Å². The Morgan fingerprint density at radius 1 is 1.09 bits per heavy atom. The highest BCUT2D eigenvalue weighted by Crippen LogP contribution is 2.48. The number of ether oxygens (including phenoxy) is 3. The number of hydrogen-bond donors (Lipinski definition) is 2. The summed E-state index contributed by atoms with van der Waals surface area (Å²) in [5.74, 6) is 2.65. The van der Waals surface area contributed by atoms with Gasteiger partial charge < -0.3 is 38.9 Å². The first-order valence-corrected chi connectivity index (χ1v) is 16.9. The first kappa shape index (κ1) is 30.3. The summed E-state index contributed by atoms with van der Waals surface area (Å²) in [5, 5.41) is 7.60. The van der Waals surface area contributed by atoms with Crippen molar-refractivity contribution < 1.29 is 23.8 Å². The van der Waals surface area contributed by atoms with E-state index in [9.17, 15) is 9.59 Å². The van der Waals surface area contributed by atoms with Gasteiger partial charge in [-0.15, -0.1) is 0 Å². The second kappa shape index (κ2) is 11.9. The van der Waals surface area contributed by atoms with Crippen LogP contribution in [0, 0.1) is 17.8 Å². The number of benzene rings is 1. The van der Waals surface area contributed by atoms with Crippen LogP contribution in [-0.2, 0) is 27.9 Å². The Morgan fingerprint density at radius 2 is 1.96 bits per heavy atom. The highest BCUT2D eigenvalue weighted by Gasteiger charge is 2.47. The molecule has 2 N–H and O–H groups in total. The van der Waals surface area contributed by atoms with E-state index in [-0.39, 0.29) is 30.0 Å². The zero-order valence-electron chi connectivity index (χ0n) is 27.5. The van der Waals surface area contributed by atoms with Gasteiger partial charge in [0.25, 0.3) is 5.91 Å². The topological polar surface area (TPSA) is 125 Å². The van der Waals surface area contributed by atoms with E-state index in [0.29, 0.717) is 73.9 Å². The highest BCUT2D eigenvalue weighted by atomic mass is 16.5. The monoisotopic (exact) mass is 641 g/mol. The Balaban J connectivity index is 1.19. The lowest BCUT2D eigenvalue weighted by molar-refractivity contribution is -0.122. The van der Waals surface area contributed by atoms with Gasteiger partial charge in [-0.1, -0.05) is 6.92 Å². The number of hydrogen-bond acceptors (Lipinski definition) is 8. The van der Waals surface area contributed by atoms with Crippen molar-refractivity contribution in [3.63, 3.8) is 0 Å². The maximum Gasteiger partial charge on any atom is 0.254 e. The Morgan fingerprint density at radius 3 is 2.81 bits per heavy atom. The third-order valence-electron chi connectivity index (χ3n) is 10.8. The summed E-state index contributed by atoms with van der Waals surface area (Å²) in [6, 6.07) is 9.85. The average molecular weight is 642 g/mol. The fourth-order valence-electron chi connectivity index (χ4n) is 7.92. The molecule has 2 amide bonds. The standard InChI is InChI=1S/C35H43N7O5/c1-19-23-16-42-28(14-21-5-6-25(38-33(21)42)20(2)37-31(43)8-11-46-18-24(19)23)34-39-26-13-22(15-30(45-4)32(26)40(34)3)35(44)41-10-7-29-27(17-41)36-9-12-47-29/h5-6,13-15,19-20,23-24,27,29,36H,7-12,16-18H2,1-4H3,(H,37,43)/t19?,20-,23?,24?,27+,29-/m1/s1. The van der Waals surface area contributed by atoms with Gasteiger partial charge >= 0.3 is 0 Å². The number of imidazole rings is 1. The smallest absolute Gasteiger partial charge is 0.254 e. The van der Waals surface area contributed by atoms with E-state index in [1.807, 2.05) is 37.1 Å². The Hall–Kier alpha value is -4.00. The molecule has 1 aromatic carbocycles. The van der Waals surface area contributed by atoms with Crippen molar-refractivity contribution >= 4 is 33.9 Å². The van der Waals surface area contributed by atoms with Crippen molar-refractivity contribution in [3.05, 3.63) is 41.6 Å². The summed E-state index contributed by atoms with van der Waals surface area (Å²) < 4.78 is 22.1. The number of carbonyl (C=O) groups excluding carboxylic acids is 2. The molecule has 12 heteroatoms. The van der Waals surface area contributed by atoms with Crippen LogP contribution in [0.3, 0.4) is 0 Å². The number of nitrogens with one attached hydrogen (secondary N) is 2. The van der Waals surface area contributed by atoms with E-state index >= 15 is 0 Å². The van der Waals surface area contributed by atoms with Crippen LogP contribution in [0.25, 0.3) is 33.6 Å². The van der Waals surface area contributed by atoms with Crippen LogP contribution in [0.4, 0.5) is 0 Å². The Labute approximate surface area is 273 Å². The first-order chi connectivity index (χ1) is 22.8. The highest BCUT2D eigenvalue weighted by molar-refractivity contribution is 6.00. The van der Waals surface area contributed by atoms with E-state index < -0.39 is 0 Å². The number of pyridine rings is 1. The molecule has 1 aliphatic carbocycles. The Bertz CT molecular complexity index is 1870. The zero-order chi connectivity index (χ0) is 32.4. The van der Waals surface area contributed by atoms with E-state index in [2.05, 4.69) is 38.8 Å². The molecule has 8 rings (SSSR count). The lowest BCUT2D eigenvalue weighted by atomic mass is 9.99. The molecular formula is C35H43N7O5. The van der Waals surface area contributed by atoms with E-state index in [0.717, 1.165) is 53.3 Å². The number of nitrogens with zero attached hydrogens (tertiary/aromatic N) is 5. The molecule has 1 saturated carbocycles. The second-order valence-electron chi connectivity index (χ2n) is 13.6. The minimum absolute atomic E-state index is 0.0283. The number of aryl methyl sites for hydroxylation is 1. The van der Waals surface area contributed by atoms with Gasteiger partial charge in [-0.05, 0) is 61.4 Å². The van der Waals surface area contributed by atoms with Gasteiger partial charge in [0.2, 0.25) is 5.91 Å². The molecule has 12 nitrogen and oxygen atoms in total. The molecule has 2 saturated heterocycles. The molecule has 3 aliphatic heterocycles. The third-order valence-corrected chi connectivity index (χ3v) is 10.8. The van der Waals surface area contributed by atoms with Gasteiger partial charge in [0.15, 0.2) is 5.82 Å². The van der Waals surface area contributed by atoms with E-state index in [1.54, 1.807) is 7.11 Å². The van der Waals surface area contributed by atoms with E-state index in [1.165, 1.54) is 0 Å². The van der Waals surface area contributed by atoms with Crippen LogP contribution >= 0.6 is 0 Å². The molecule has 2 bridgehead atoms. The number of likely N-dealkylation sites (tertiary alicyclic amines) is 1. The number of fused-ring (bicyclic) bond motifs is 4. The van der Waals surface area contributed by atoms with Gasteiger partial charge in [0.1, 0.15) is 16.9 Å². The lowest BCUT2D eigenvalue weighted by Crippen LogP contribution is -2.59. The van der Waals surface area contributed by atoms with Gasteiger partial charge in [0.05, 0.1) is 62.0 Å². The maximum absolute atomic E-state index is 13.8. The molecule has 4 aliphatic rings. The molecule has 0 spiro atoms. The summed E-state index contributed by atoms with van der Waals surface area (Å²) in [6.45, 7) is 8.85. The fourth-order valence-corrected chi connectivity index (χ4v) is 7.92. The summed E-state index contributed by atoms with van der Waals surface area (Å²) >= 11 is 0. The van der Waals surface area contributed by atoms with Crippen LogP contribution < -0.4 is 15.4 Å². The fraction of sp³-hybridized carbons (Fsp3) is 0.543. The Kier molecular flexibility index (Phi) is 7.69. The van der Waals surface area contributed by atoms with Gasteiger partial charge in [-0.3, -0.25) is 9.59 Å². The van der Waals surface area contributed by atoms with Crippen molar-refractivity contribution in [1.82, 2.24) is 34.6 Å².